The number of ether oxygens (including phenoxy) is 1. The molecule has 2 aliphatic heterocycles. The van der Waals surface area contributed by atoms with Crippen molar-refractivity contribution >= 4 is 34.5 Å². The van der Waals surface area contributed by atoms with Gasteiger partial charge in [0.2, 0.25) is 5.91 Å². The van der Waals surface area contributed by atoms with Crippen molar-refractivity contribution in [3.8, 4) is 0 Å². The van der Waals surface area contributed by atoms with Crippen molar-refractivity contribution in [2.24, 2.45) is 4.99 Å². The molecule has 0 radical (unpaired) electrons. The summed E-state index contributed by atoms with van der Waals surface area (Å²) in [6, 6.07) is 5.16. The number of benzene rings is 1. The Kier molecular flexibility index (Phi) is 5.05. The lowest BCUT2D eigenvalue weighted by Crippen LogP contribution is -2.41. The largest absolute Gasteiger partial charge is 0.459 e. The molecule has 1 aromatic rings. The Morgan fingerprint density at radius 3 is 2.67 bits per heavy atom. The maximum absolute atomic E-state index is 12.8. The van der Waals surface area contributed by atoms with E-state index in [1.165, 1.54) is 22.7 Å². The Bertz CT molecular complexity index is 893. The normalized spacial score (nSPS) is 22.0. The first-order chi connectivity index (χ1) is 12.7. The molecule has 0 bridgehead atoms. The monoisotopic (exact) mass is 389 g/mol. The summed E-state index contributed by atoms with van der Waals surface area (Å²) in [5.41, 5.74) is 0.631. The number of amides is 1. The molecule has 1 amide bonds. The van der Waals surface area contributed by atoms with E-state index in [0.29, 0.717) is 10.9 Å². The first kappa shape index (κ1) is 19.1. The summed E-state index contributed by atoms with van der Waals surface area (Å²) >= 11 is 1.27. The van der Waals surface area contributed by atoms with Crippen LogP contribution in [0.2, 0.25) is 0 Å². The highest BCUT2D eigenvalue weighted by atomic mass is 32.2. The number of nitro groups is 1. The molecule has 0 N–H and O–H groups in total. The fourth-order valence-corrected chi connectivity index (χ4v) is 4.15. The zero-order chi connectivity index (χ0) is 19.9. The summed E-state index contributed by atoms with van der Waals surface area (Å²) in [6.45, 7) is 6.82. The number of carbonyl (C=O) groups excluding carboxylic acids is 2. The van der Waals surface area contributed by atoms with Crippen LogP contribution in [-0.2, 0) is 14.3 Å². The second kappa shape index (κ2) is 7.15. The number of aliphatic imine (C=N–C) groups is 1. The van der Waals surface area contributed by atoms with Crippen molar-refractivity contribution in [3.05, 3.63) is 51.2 Å². The molecule has 2 heterocycles. The molecule has 0 aromatic heterocycles. The third kappa shape index (κ3) is 3.34. The average molecular weight is 389 g/mol. The number of nitro benzene ring substituents is 1. The quantitative estimate of drug-likeness (QED) is 0.445. The number of para-hydroxylation sites is 1. The van der Waals surface area contributed by atoms with E-state index in [0.717, 1.165) is 0 Å². The van der Waals surface area contributed by atoms with Crippen LogP contribution in [0.4, 0.5) is 5.69 Å². The molecule has 3 rings (SSSR count). The molecular weight excluding hydrogens is 370 g/mol. The van der Waals surface area contributed by atoms with Crippen LogP contribution in [0.3, 0.4) is 0 Å². The fourth-order valence-electron chi connectivity index (χ4n) is 3.12. The van der Waals surface area contributed by atoms with Gasteiger partial charge in [-0.05, 0) is 33.8 Å². The molecule has 1 aromatic carbocycles. The SMILES string of the molecule is CC1=C(C(=O)OC(C)C)[C@@H](c2ccccc2[N+](=O)[O-])N2C(=O)[C@@H](C)SC2=N1. The van der Waals surface area contributed by atoms with E-state index in [4.69, 9.17) is 4.74 Å². The predicted molar refractivity (Wildman–Crippen MR) is 101 cm³/mol. The van der Waals surface area contributed by atoms with Crippen LogP contribution >= 0.6 is 11.8 Å². The molecule has 142 valence electrons. The number of nitrogens with zero attached hydrogens (tertiary/aromatic N) is 3. The molecule has 2 atom stereocenters. The van der Waals surface area contributed by atoms with E-state index in [1.807, 2.05) is 0 Å². The van der Waals surface area contributed by atoms with Gasteiger partial charge in [0, 0.05) is 6.07 Å². The van der Waals surface area contributed by atoms with Crippen molar-refractivity contribution < 1.29 is 19.2 Å². The van der Waals surface area contributed by atoms with Crippen LogP contribution in [0.1, 0.15) is 39.3 Å². The van der Waals surface area contributed by atoms with Crippen LogP contribution < -0.4 is 0 Å². The van der Waals surface area contributed by atoms with Gasteiger partial charge >= 0.3 is 5.97 Å². The number of esters is 1. The van der Waals surface area contributed by atoms with Gasteiger partial charge in [-0.3, -0.25) is 19.8 Å². The van der Waals surface area contributed by atoms with E-state index >= 15 is 0 Å². The van der Waals surface area contributed by atoms with Crippen LogP contribution in [0.25, 0.3) is 0 Å². The fraction of sp³-hybridized carbons (Fsp3) is 0.389. The van der Waals surface area contributed by atoms with Gasteiger partial charge in [-0.2, -0.15) is 0 Å². The van der Waals surface area contributed by atoms with Gasteiger partial charge in [-0.25, -0.2) is 9.79 Å². The minimum atomic E-state index is -0.949. The van der Waals surface area contributed by atoms with Crippen molar-refractivity contribution in [2.75, 3.05) is 0 Å². The number of fused-ring (bicyclic) bond motifs is 1. The van der Waals surface area contributed by atoms with Crippen LogP contribution in [0, 0.1) is 10.1 Å². The van der Waals surface area contributed by atoms with Crippen molar-refractivity contribution in [1.29, 1.82) is 0 Å². The summed E-state index contributed by atoms with van der Waals surface area (Å²) in [7, 11) is 0. The van der Waals surface area contributed by atoms with Crippen molar-refractivity contribution in [1.82, 2.24) is 4.90 Å². The third-order valence-electron chi connectivity index (χ3n) is 4.25. The zero-order valence-electron chi connectivity index (χ0n) is 15.3. The highest BCUT2D eigenvalue weighted by Gasteiger charge is 2.48. The van der Waals surface area contributed by atoms with Crippen molar-refractivity contribution in [3.63, 3.8) is 0 Å². The maximum atomic E-state index is 12.8. The topological polar surface area (TPSA) is 102 Å². The minimum Gasteiger partial charge on any atom is -0.459 e. The van der Waals surface area contributed by atoms with Gasteiger partial charge in [-0.1, -0.05) is 23.9 Å². The van der Waals surface area contributed by atoms with E-state index in [9.17, 15) is 19.7 Å². The molecule has 0 unspecified atom stereocenters. The lowest BCUT2D eigenvalue weighted by atomic mass is 9.93. The first-order valence-electron chi connectivity index (χ1n) is 8.45. The summed E-state index contributed by atoms with van der Waals surface area (Å²) in [4.78, 5) is 42.4. The van der Waals surface area contributed by atoms with Gasteiger partial charge in [-0.15, -0.1) is 0 Å². The number of thioether (sulfide) groups is 1. The maximum Gasteiger partial charge on any atom is 0.338 e. The molecule has 0 aliphatic carbocycles. The lowest BCUT2D eigenvalue weighted by Gasteiger charge is -2.32. The molecule has 27 heavy (non-hydrogen) atoms. The van der Waals surface area contributed by atoms with Gasteiger partial charge < -0.3 is 4.74 Å². The molecule has 2 aliphatic rings. The number of hydrogen-bond acceptors (Lipinski definition) is 7. The lowest BCUT2D eigenvalue weighted by molar-refractivity contribution is -0.385. The number of amidine groups is 1. The third-order valence-corrected chi connectivity index (χ3v) is 5.30. The van der Waals surface area contributed by atoms with E-state index in [2.05, 4.69) is 4.99 Å². The Hall–Kier alpha value is -2.68. The number of hydrogen-bond donors (Lipinski definition) is 0. The second-order valence-electron chi connectivity index (χ2n) is 6.53. The Labute approximate surface area is 160 Å². The van der Waals surface area contributed by atoms with Gasteiger partial charge in [0.1, 0.15) is 6.04 Å². The average Bonchev–Trinajstić information content (AvgIpc) is 2.86. The predicted octanol–water partition coefficient (Wildman–Crippen LogP) is 3.20. The van der Waals surface area contributed by atoms with E-state index < -0.39 is 16.9 Å². The summed E-state index contributed by atoms with van der Waals surface area (Å²) in [5.74, 6) is -0.880. The van der Waals surface area contributed by atoms with E-state index in [1.54, 1.807) is 45.9 Å². The number of allylic oxidation sites excluding steroid dienone is 1. The molecule has 9 heteroatoms. The van der Waals surface area contributed by atoms with Gasteiger partial charge in [0.25, 0.3) is 5.69 Å². The Balaban J connectivity index is 2.22. The zero-order valence-corrected chi connectivity index (χ0v) is 16.1. The number of rotatable bonds is 4. The van der Waals surface area contributed by atoms with Crippen LogP contribution in [-0.4, -0.2) is 38.2 Å². The molecule has 0 saturated carbocycles. The van der Waals surface area contributed by atoms with Crippen LogP contribution in [0.5, 0.6) is 0 Å². The standard InChI is InChI=1S/C18H19N3O5S/c1-9(2)26-17(23)14-10(3)19-18-20(16(22)11(4)27-18)15(14)12-7-5-6-8-13(12)21(24)25/h5-9,11,15H,1-4H3/t11-,15-/m1/s1. The Morgan fingerprint density at radius 1 is 1.37 bits per heavy atom. The van der Waals surface area contributed by atoms with E-state index in [-0.39, 0.29) is 34.1 Å². The molecule has 1 saturated heterocycles. The first-order valence-corrected chi connectivity index (χ1v) is 9.33. The summed E-state index contributed by atoms with van der Waals surface area (Å²) in [6.07, 6.45) is -0.378. The summed E-state index contributed by atoms with van der Waals surface area (Å²) in [5, 5.41) is 11.6. The summed E-state index contributed by atoms with van der Waals surface area (Å²) < 4.78 is 5.34. The van der Waals surface area contributed by atoms with Crippen LogP contribution in [0.15, 0.2) is 40.5 Å². The highest BCUT2D eigenvalue weighted by molar-refractivity contribution is 8.15. The van der Waals surface area contributed by atoms with Crippen molar-refractivity contribution in [2.45, 2.75) is 45.1 Å². The smallest absolute Gasteiger partial charge is 0.338 e. The second-order valence-corrected chi connectivity index (χ2v) is 7.84. The number of carbonyl (C=O) groups is 2. The highest BCUT2D eigenvalue weighted by Crippen LogP contribution is 2.45. The van der Waals surface area contributed by atoms with Gasteiger partial charge in [0.05, 0.1) is 33.1 Å². The molecular formula is C18H19N3O5S. The minimum absolute atomic E-state index is 0.143. The molecule has 1 fully saturated rings. The molecule has 0 spiro atoms. The van der Waals surface area contributed by atoms with Gasteiger partial charge in [0.15, 0.2) is 5.17 Å². The Morgan fingerprint density at radius 2 is 2.04 bits per heavy atom. The molecule has 8 nitrogen and oxygen atoms in total.